The van der Waals surface area contributed by atoms with Gasteiger partial charge in [-0.1, -0.05) is 37.3 Å². The van der Waals surface area contributed by atoms with E-state index < -0.39 is 12.0 Å². The molecule has 0 bridgehead atoms. The average molecular weight is 262 g/mol. The van der Waals surface area contributed by atoms with E-state index in [-0.39, 0.29) is 5.70 Å². The Labute approximate surface area is 112 Å². The van der Waals surface area contributed by atoms with Gasteiger partial charge >= 0.3 is 0 Å². The third-order valence-corrected chi connectivity index (χ3v) is 3.25. The number of nitrogens with one attached hydrogen (secondary N) is 1. The molecule has 19 heavy (non-hydrogen) atoms. The van der Waals surface area contributed by atoms with Crippen LogP contribution >= 0.6 is 0 Å². The van der Waals surface area contributed by atoms with E-state index in [1.807, 2.05) is 25.1 Å². The van der Waals surface area contributed by atoms with E-state index in [2.05, 4.69) is 5.43 Å². The van der Waals surface area contributed by atoms with Gasteiger partial charge in [-0.2, -0.15) is 0 Å². The summed E-state index contributed by atoms with van der Waals surface area (Å²) in [5, 5.41) is 1.77. The van der Waals surface area contributed by atoms with Crippen LogP contribution < -0.4 is 16.9 Å². The predicted molar refractivity (Wildman–Crippen MR) is 74.8 cm³/mol. The summed E-state index contributed by atoms with van der Waals surface area (Å²) in [6.45, 7) is 4.43. The lowest BCUT2D eigenvalue weighted by Gasteiger charge is -2.21. The molecule has 1 atom stereocenters. The topological polar surface area (TPSA) is 67.3 Å². The zero-order valence-electron chi connectivity index (χ0n) is 11.2. The highest BCUT2D eigenvalue weighted by Crippen LogP contribution is 2.28. The van der Waals surface area contributed by atoms with E-state index in [1.54, 1.807) is 24.1 Å². The number of hydrazine groups is 1. The third kappa shape index (κ3) is 2.47. The normalized spacial score (nSPS) is 21.4. The van der Waals surface area contributed by atoms with Crippen LogP contribution in [-0.2, 0) is 0 Å². The molecule has 0 saturated heterocycles. The maximum atomic E-state index is 14.5. The molecule has 1 aliphatic rings. The van der Waals surface area contributed by atoms with Crippen molar-refractivity contribution < 1.29 is 4.39 Å². The van der Waals surface area contributed by atoms with Gasteiger partial charge in [-0.3, -0.25) is 0 Å². The molecule has 0 saturated carbocycles. The minimum atomic E-state index is -0.521. The summed E-state index contributed by atoms with van der Waals surface area (Å²) in [5.41, 5.74) is 16.9. The van der Waals surface area contributed by atoms with Crippen molar-refractivity contribution in [1.29, 1.82) is 0 Å². The van der Waals surface area contributed by atoms with Gasteiger partial charge in [-0.25, -0.2) is 9.40 Å². The van der Waals surface area contributed by atoms with Gasteiger partial charge in [-0.05, 0) is 6.92 Å². The Morgan fingerprint density at radius 1 is 1.37 bits per heavy atom. The number of likely N-dealkylation sites (N-methyl/N-ethyl adjacent to an activating group) is 1. The van der Waals surface area contributed by atoms with Gasteiger partial charge < -0.3 is 16.9 Å². The molecule has 0 radical (unpaired) electrons. The lowest BCUT2D eigenvalue weighted by molar-refractivity contribution is 0.206. The molecule has 0 amide bonds. The Kier molecular flexibility index (Phi) is 3.87. The second-order valence-corrected chi connectivity index (χ2v) is 4.48. The molecule has 1 aliphatic heterocycles. The van der Waals surface area contributed by atoms with Crippen LogP contribution in [0.1, 0.15) is 19.4 Å². The molecule has 0 fully saturated rings. The highest BCUT2D eigenvalue weighted by molar-refractivity contribution is 5.69. The van der Waals surface area contributed by atoms with Gasteiger partial charge in [0.05, 0.1) is 5.70 Å². The van der Waals surface area contributed by atoms with Crippen LogP contribution in [0.3, 0.4) is 0 Å². The first-order valence-electron chi connectivity index (χ1n) is 6.27. The summed E-state index contributed by atoms with van der Waals surface area (Å²) < 4.78 is 14.5. The fourth-order valence-electron chi connectivity index (χ4n) is 2.18. The number of rotatable bonds is 3. The van der Waals surface area contributed by atoms with Crippen molar-refractivity contribution in [3.63, 3.8) is 0 Å². The summed E-state index contributed by atoms with van der Waals surface area (Å²) in [4.78, 5) is 0. The number of nitrogens with two attached hydrogens (primary N) is 2. The Hall–Kier alpha value is -1.85. The van der Waals surface area contributed by atoms with E-state index >= 15 is 0 Å². The number of hydrogen-bond donors (Lipinski definition) is 3. The molecule has 1 unspecified atom stereocenters. The first-order valence-corrected chi connectivity index (χ1v) is 6.27. The van der Waals surface area contributed by atoms with Crippen LogP contribution in [0.4, 0.5) is 4.39 Å². The first kappa shape index (κ1) is 13.6. The number of allylic oxidation sites excluding steroid dienone is 1. The first-order chi connectivity index (χ1) is 9.06. The Balaban J connectivity index is 2.39. The van der Waals surface area contributed by atoms with Crippen molar-refractivity contribution in [2.45, 2.75) is 20.0 Å². The van der Waals surface area contributed by atoms with E-state index in [0.717, 1.165) is 0 Å². The molecule has 5 N–H and O–H groups in total. The van der Waals surface area contributed by atoms with Crippen molar-refractivity contribution in [1.82, 2.24) is 10.4 Å². The molecule has 1 aromatic rings. The molecular weight excluding hydrogens is 243 g/mol. The highest BCUT2D eigenvalue weighted by Gasteiger charge is 2.30. The molecule has 2 rings (SSSR count). The molecule has 0 aromatic heterocycles. The average Bonchev–Trinajstić information content (AvgIpc) is 2.72. The van der Waals surface area contributed by atoms with E-state index in [9.17, 15) is 4.39 Å². The molecular formula is C14H19FN4. The quantitative estimate of drug-likeness (QED) is 0.775. The fraction of sp³-hybridized carbons (Fsp3) is 0.286. The minimum absolute atomic E-state index is 0.116. The number of nitrogens with zero attached hydrogens (tertiary/aromatic N) is 1. The number of hydrogen-bond acceptors (Lipinski definition) is 4. The lowest BCUT2D eigenvalue weighted by atomic mass is 10.1. The van der Waals surface area contributed by atoms with Gasteiger partial charge in [0.25, 0.3) is 0 Å². The van der Waals surface area contributed by atoms with Gasteiger partial charge in [0.1, 0.15) is 6.17 Å². The summed E-state index contributed by atoms with van der Waals surface area (Å²) in [7, 11) is 0. The van der Waals surface area contributed by atoms with Crippen LogP contribution in [0, 0.1) is 0 Å². The smallest absolute Gasteiger partial charge is 0.154 e. The Morgan fingerprint density at radius 2 is 2.00 bits per heavy atom. The standard InChI is InChI=1S/C14H19FN4/c1-3-19-14(17)11(9(2)18-19)12(15)13(16)10-7-5-4-6-8-10/h4-8,14,18H,3,16-17H2,1-2H3/b13-12+. The van der Waals surface area contributed by atoms with Crippen molar-refractivity contribution in [3.8, 4) is 0 Å². The molecule has 1 aromatic carbocycles. The number of halogens is 1. The zero-order chi connectivity index (χ0) is 14.0. The van der Waals surface area contributed by atoms with Gasteiger partial charge in [0.15, 0.2) is 5.83 Å². The van der Waals surface area contributed by atoms with Crippen molar-refractivity contribution in [3.05, 3.63) is 53.0 Å². The highest BCUT2D eigenvalue weighted by atomic mass is 19.1. The Morgan fingerprint density at radius 3 is 2.53 bits per heavy atom. The van der Waals surface area contributed by atoms with Crippen LogP contribution in [0.25, 0.3) is 5.70 Å². The van der Waals surface area contributed by atoms with Gasteiger partial charge in [0.2, 0.25) is 0 Å². The summed E-state index contributed by atoms with van der Waals surface area (Å²) in [5.74, 6) is -0.459. The van der Waals surface area contributed by atoms with Gasteiger partial charge in [0, 0.05) is 23.4 Å². The van der Waals surface area contributed by atoms with Crippen molar-refractivity contribution in [2.24, 2.45) is 11.5 Å². The van der Waals surface area contributed by atoms with Crippen LogP contribution in [-0.4, -0.2) is 17.7 Å². The maximum Gasteiger partial charge on any atom is 0.154 e. The van der Waals surface area contributed by atoms with E-state index in [0.29, 0.717) is 23.4 Å². The van der Waals surface area contributed by atoms with E-state index in [1.165, 1.54) is 0 Å². The molecule has 0 aliphatic carbocycles. The van der Waals surface area contributed by atoms with Crippen molar-refractivity contribution >= 4 is 5.70 Å². The minimum Gasteiger partial charge on any atom is -0.396 e. The summed E-state index contributed by atoms with van der Waals surface area (Å²) in [6.07, 6.45) is -0.521. The zero-order valence-corrected chi connectivity index (χ0v) is 11.2. The second kappa shape index (κ2) is 5.42. The molecule has 1 heterocycles. The second-order valence-electron chi connectivity index (χ2n) is 4.48. The number of benzene rings is 1. The monoisotopic (exact) mass is 262 g/mol. The summed E-state index contributed by atoms with van der Waals surface area (Å²) in [6, 6.07) is 9.05. The van der Waals surface area contributed by atoms with Gasteiger partial charge in [-0.15, -0.1) is 0 Å². The maximum absolute atomic E-state index is 14.5. The van der Waals surface area contributed by atoms with Crippen LogP contribution in [0.15, 0.2) is 47.4 Å². The third-order valence-electron chi connectivity index (χ3n) is 3.25. The lowest BCUT2D eigenvalue weighted by Crippen LogP contribution is -2.44. The fourth-order valence-corrected chi connectivity index (χ4v) is 2.18. The largest absolute Gasteiger partial charge is 0.396 e. The summed E-state index contributed by atoms with van der Waals surface area (Å²) >= 11 is 0. The molecule has 0 spiro atoms. The Bertz CT molecular complexity index is 522. The van der Waals surface area contributed by atoms with Crippen LogP contribution in [0.5, 0.6) is 0 Å². The molecule has 102 valence electrons. The predicted octanol–water partition coefficient (Wildman–Crippen LogP) is 1.68. The van der Waals surface area contributed by atoms with Crippen molar-refractivity contribution in [2.75, 3.05) is 6.54 Å². The van der Waals surface area contributed by atoms with E-state index in [4.69, 9.17) is 11.5 Å². The van der Waals surface area contributed by atoms with Crippen LogP contribution in [0.2, 0.25) is 0 Å². The molecule has 5 heteroatoms. The molecule has 4 nitrogen and oxygen atoms in total. The SMILES string of the molecule is CCN1NC(C)=C(/C(F)=C(\N)c2ccccc2)C1N.